The Labute approximate surface area is 334 Å². The molecule has 3 aliphatic carbocycles. The predicted molar refractivity (Wildman–Crippen MR) is 211 cm³/mol. The Morgan fingerprint density at radius 3 is 2.60 bits per heavy atom. The second-order valence-corrected chi connectivity index (χ2v) is 19.8. The smallest absolute Gasteiger partial charge is 0.408 e. The summed E-state index contributed by atoms with van der Waals surface area (Å²) in [6.45, 7) is 5.60. The van der Waals surface area contributed by atoms with E-state index in [1.807, 2.05) is 37.3 Å². The number of methoxy groups -OCH3 is 1. The lowest BCUT2D eigenvalue weighted by atomic mass is 9.87. The number of aromatic nitrogens is 1. The minimum Gasteiger partial charge on any atom is -0.497 e. The van der Waals surface area contributed by atoms with Gasteiger partial charge >= 0.3 is 6.09 Å². The Balaban J connectivity index is 1.12. The summed E-state index contributed by atoms with van der Waals surface area (Å²) in [5.74, 6) is -0.697. The zero-order valence-electron chi connectivity index (χ0n) is 33.4. The van der Waals surface area contributed by atoms with Gasteiger partial charge in [-0.1, -0.05) is 31.9 Å². The monoisotopic (exact) mass is 805 g/mol. The van der Waals surface area contributed by atoms with Gasteiger partial charge in [-0.2, -0.15) is 0 Å². The van der Waals surface area contributed by atoms with Crippen LogP contribution in [0.5, 0.6) is 11.5 Å². The molecule has 2 aromatic rings. The summed E-state index contributed by atoms with van der Waals surface area (Å²) in [5.41, 5.74) is -0.0307. The molecule has 15 heteroatoms. The summed E-state index contributed by atoms with van der Waals surface area (Å²) in [6, 6.07) is 3.66. The maximum Gasteiger partial charge on any atom is 0.408 e. The molecule has 1 spiro atoms. The Bertz CT molecular complexity index is 2120. The molecule has 0 radical (unpaired) electrons. The van der Waals surface area contributed by atoms with Crippen molar-refractivity contribution in [1.82, 2.24) is 25.2 Å². The van der Waals surface area contributed by atoms with Crippen LogP contribution in [0, 0.1) is 18.8 Å². The summed E-state index contributed by atoms with van der Waals surface area (Å²) in [5, 5.41) is 6.75. The molecule has 14 nitrogen and oxygen atoms in total. The normalized spacial score (nSPS) is 32.1. The summed E-state index contributed by atoms with van der Waals surface area (Å²) >= 11 is 0. The Morgan fingerprint density at radius 1 is 1.05 bits per heavy atom. The standard InChI is InChI=1S/C42H55N5O9S/c1-25-11-10-14-34(25)55-39(51)44-32-13-9-7-5-6-8-12-27-22-42(27,38(50)46-57(52,53)40(3)19-20-40)45-36(48)33-23-41(24-47(33)37(32)49)18-17-29-30-21-28(54-4)15-16-31(30)43-26(2)35(29)56-41/h8,12,15-16,21,25,27,32-34H,5-7,9-11,13-14,17-20,22-24H2,1-4H3,(H,44,51)(H,45,48)(H,46,50). The predicted octanol–water partition coefficient (Wildman–Crippen LogP) is 4.89. The number of sulfonamides is 1. The topological polar surface area (TPSA) is 182 Å². The molecule has 3 N–H and O–H groups in total. The van der Waals surface area contributed by atoms with Crippen LogP contribution in [0.4, 0.5) is 4.79 Å². The number of nitrogens with one attached hydrogen (secondary N) is 3. The first-order valence-electron chi connectivity index (χ1n) is 20.7. The van der Waals surface area contributed by atoms with Gasteiger partial charge < -0.3 is 29.7 Å². The van der Waals surface area contributed by atoms with Gasteiger partial charge in [-0.15, -0.1) is 0 Å². The molecule has 1 aromatic heterocycles. The second kappa shape index (κ2) is 14.8. The first-order valence-corrected chi connectivity index (χ1v) is 22.1. The van der Waals surface area contributed by atoms with Crippen LogP contribution in [0.25, 0.3) is 10.9 Å². The molecule has 4 heterocycles. The first-order chi connectivity index (χ1) is 27.2. The fraction of sp³-hybridized carbons (Fsp3) is 0.643. The minimum absolute atomic E-state index is 0.0566. The zero-order valence-corrected chi connectivity index (χ0v) is 34.2. The van der Waals surface area contributed by atoms with Crippen LogP contribution in [-0.2, 0) is 35.6 Å². The molecule has 8 rings (SSSR count). The van der Waals surface area contributed by atoms with E-state index >= 15 is 0 Å². The second-order valence-electron chi connectivity index (χ2n) is 17.6. The highest BCUT2D eigenvalue weighted by Gasteiger charge is 2.64. The van der Waals surface area contributed by atoms with Crippen molar-refractivity contribution in [2.75, 3.05) is 13.7 Å². The van der Waals surface area contributed by atoms with Crippen LogP contribution >= 0.6 is 0 Å². The van der Waals surface area contributed by atoms with Crippen LogP contribution in [0.3, 0.4) is 0 Å². The Kier molecular flexibility index (Phi) is 10.2. The van der Waals surface area contributed by atoms with Gasteiger partial charge in [0.05, 0.1) is 29.6 Å². The van der Waals surface area contributed by atoms with Gasteiger partial charge in [0, 0.05) is 23.3 Å². The average molecular weight is 806 g/mol. The van der Waals surface area contributed by atoms with Crippen LogP contribution in [0.2, 0.25) is 0 Å². The highest BCUT2D eigenvalue weighted by molar-refractivity contribution is 7.91. The molecule has 4 amide bonds. The summed E-state index contributed by atoms with van der Waals surface area (Å²) in [4.78, 5) is 63.3. The lowest BCUT2D eigenvalue weighted by Gasteiger charge is -2.36. The van der Waals surface area contributed by atoms with Crippen LogP contribution in [0.15, 0.2) is 30.4 Å². The van der Waals surface area contributed by atoms with Crippen LogP contribution in [0.1, 0.15) is 109 Å². The third-order valence-electron chi connectivity index (χ3n) is 13.5. The molecule has 1 saturated heterocycles. The molecule has 0 bridgehead atoms. The quantitative estimate of drug-likeness (QED) is 0.340. The lowest BCUT2D eigenvalue weighted by molar-refractivity contribution is -0.141. The largest absolute Gasteiger partial charge is 0.497 e. The molecule has 57 heavy (non-hydrogen) atoms. The maximum absolute atomic E-state index is 14.9. The Morgan fingerprint density at radius 2 is 1.86 bits per heavy atom. The van der Waals surface area contributed by atoms with Crippen molar-refractivity contribution in [2.24, 2.45) is 11.8 Å². The van der Waals surface area contributed by atoms with E-state index in [0.29, 0.717) is 62.1 Å². The number of pyridine rings is 1. The molecular formula is C42H55N5O9S. The molecule has 7 atom stereocenters. The average Bonchev–Trinajstić information content (AvgIpc) is 4.01. The van der Waals surface area contributed by atoms with Crippen molar-refractivity contribution in [3.05, 3.63) is 41.6 Å². The van der Waals surface area contributed by atoms with Gasteiger partial charge in [-0.25, -0.2) is 18.2 Å². The highest BCUT2D eigenvalue weighted by Crippen LogP contribution is 2.49. The molecule has 3 saturated carbocycles. The van der Waals surface area contributed by atoms with Gasteiger partial charge in [-0.3, -0.25) is 19.1 Å². The lowest BCUT2D eigenvalue weighted by Crippen LogP contribution is -2.58. The number of carbonyl (C=O) groups is 4. The highest BCUT2D eigenvalue weighted by atomic mass is 32.2. The van der Waals surface area contributed by atoms with Gasteiger partial charge in [0.2, 0.25) is 21.8 Å². The van der Waals surface area contributed by atoms with E-state index in [1.165, 1.54) is 4.90 Å². The van der Waals surface area contributed by atoms with E-state index in [9.17, 15) is 27.6 Å². The number of fused-ring (bicyclic) bond motifs is 5. The molecule has 3 aliphatic heterocycles. The first kappa shape index (κ1) is 39.4. The fourth-order valence-electron chi connectivity index (χ4n) is 9.40. The maximum atomic E-state index is 14.9. The van der Waals surface area contributed by atoms with Crippen molar-refractivity contribution < 1.29 is 41.8 Å². The number of aryl methyl sites for hydroxylation is 2. The number of rotatable bonds is 6. The van der Waals surface area contributed by atoms with E-state index in [4.69, 9.17) is 19.2 Å². The third kappa shape index (κ3) is 7.44. The van der Waals surface area contributed by atoms with E-state index in [0.717, 1.165) is 48.6 Å². The fourth-order valence-corrected chi connectivity index (χ4v) is 10.7. The van der Waals surface area contributed by atoms with Gasteiger partial charge in [0.25, 0.3) is 5.91 Å². The number of amides is 4. The number of allylic oxidation sites excluding steroid dienone is 1. The van der Waals surface area contributed by atoms with E-state index in [2.05, 4.69) is 22.3 Å². The van der Waals surface area contributed by atoms with Gasteiger partial charge in [0.1, 0.15) is 40.8 Å². The van der Waals surface area contributed by atoms with Crippen LogP contribution in [-0.4, -0.2) is 89.8 Å². The number of alkyl carbamates (subject to hydrolysis) is 1. The van der Waals surface area contributed by atoms with Crippen molar-refractivity contribution >= 4 is 44.7 Å². The van der Waals surface area contributed by atoms with Gasteiger partial charge in [0.15, 0.2) is 0 Å². The summed E-state index contributed by atoms with van der Waals surface area (Å²) < 4.78 is 46.0. The number of benzene rings is 1. The Hall–Kier alpha value is -4.40. The molecule has 4 fully saturated rings. The molecule has 308 valence electrons. The van der Waals surface area contributed by atoms with E-state index in [-0.39, 0.29) is 31.4 Å². The number of ether oxygens (including phenoxy) is 3. The minimum atomic E-state index is -3.99. The molecular weight excluding hydrogens is 751 g/mol. The van der Waals surface area contributed by atoms with Crippen LogP contribution < -0.4 is 24.8 Å². The van der Waals surface area contributed by atoms with Crippen molar-refractivity contribution in [3.63, 3.8) is 0 Å². The number of hydrogen-bond donors (Lipinski definition) is 3. The SMILES string of the molecule is COc1ccc2nc(C)c3c(c2c1)CCC1(CC2C(=O)NC4(C(=O)NS(=O)(=O)C5(C)CC5)CC4C=CCCCCCC(NC(=O)OC4CCCC4C)C(=O)N2C1)O3. The van der Waals surface area contributed by atoms with Crippen molar-refractivity contribution in [3.8, 4) is 11.5 Å². The zero-order chi connectivity index (χ0) is 40.3. The van der Waals surface area contributed by atoms with Crippen molar-refractivity contribution in [2.45, 2.75) is 145 Å². The summed E-state index contributed by atoms with van der Waals surface area (Å²) in [7, 11) is -2.38. The van der Waals surface area contributed by atoms with Gasteiger partial charge in [-0.05, 0) is 109 Å². The molecule has 6 aliphatic rings. The number of carbonyl (C=O) groups excluding carboxylic acids is 4. The number of hydrogen-bond acceptors (Lipinski definition) is 10. The van der Waals surface area contributed by atoms with E-state index in [1.54, 1.807) is 14.0 Å². The van der Waals surface area contributed by atoms with Crippen molar-refractivity contribution in [1.29, 1.82) is 0 Å². The molecule has 1 aromatic carbocycles. The third-order valence-corrected chi connectivity index (χ3v) is 15.7. The number of nitrogens with zero attached hydrogens (tertiary/aromatic N) is 2. The van der Waals surface area contributed by atoms with E-state index < -0.39 is 67.7 Å². The summed E-state index contributed by atoms with van der Waals surface area (Å²) in [6.07, 6.45) is 11.3. The molecule has 7 unspecified atom stereocenters.